The number of Topliss-reactive ketones (excluding diaryl/α,β-unsaturated/α-hetero) is 1. The fraction of sp³-hybridized carbons (Fsp3) is 0.462. The molecule has 0 heterocycles. The lowest BCUT2D eigenvalue weighted by atomic mass is 9.87. The third kappa shape index (κ3) is 3.05. The third-order valence-electron chi connectivity index (χ3n) is 2.42. The quantitative estimate of drug-likeness (QED) is 0.789. The van der Waals surface area contributed by atoms with Crippen LogP contribution < -0.4 is 4.74 Å². The van der Waals surface area contributed by atoms with Crippen molar-refractivity contribution in [2.24, 2.45) is 5.41 Å². The van der Waals surface area contributed by atoms with Crippen LogP contribution in [-0.4, -0.2) is 12.9 Å². The summed E-state index contributed by atoms with van der Waals surface area (Å²) in [6.45, 7) is 5.57. The van der Waals surface area contributed by atoms with Gasteiger partial charge in [0.25, 0.3) is 0 Å². The van der Waals surface area contributed by atoms with Crippen LogP contribution in [0, 0.1) is 11.2 Å². The second-order valence-electron chi connectivity index (χ2n) is 4.82. The minimum Gasteiger partial charge on any atom is -0.494 e. The van der Waals surface area contributed by atoms with Crippen molar-refractivity contribution in [3.63, 3.8) is 0 Å². The van der Waals surface area contributed by atoms with Gasteiger partial charge >= 0.3 is 0 Å². The Balaban J connectivity index is 2.84. The van der Waals surface area contributed by atoms with Crippen molar-refractivity contribution >= 4 is 5.78 Å². The number of halogens is 1. The largest absolute Gasteiger partial charge is 0.494 e. The summed E-state index contributed by atoms with van der Waals surface area (Å²) in [6.07, 6.45) is 0.254. The summed E-state index contributed by atoms with van der Waals surface area (Å²) >= 11 is 0. The van der Waals surface area contributed by atoms with Crippen molar-refractivity contribution in [3.05, 3.63) is 29.6 Å². The Kier molecular flexibility index (Phi) is 3.68. The molecule has 0 aliphatic carbocycles. The summed E-state index contributed by atoms with van der Waals surface area (Å²) in [4.78, 5) is 11.7. The van der Waals surface area contributed by atoms with Crippen molar-refractivity contribution in [2.75, 3.05) is 7.11 Å². The normalized spacial score (nSPS) is 11.3. The van der Waals surface area contributed by atoms with Gasteiger partial charge in [-0.1, -0.05) is 26.8 Å². The summed E-state index contributed by atoms with van der Waals surface area (Å²) in [6, 6.07) is 4.61. The highest BCUT2D eigenvalue weighted by Gasteiger charge is 2.21. The summed E-state index contributed by atoms with van der Waals surface area (Å²) in [5.74, 6) is -0.134. The molecular formula is C13H17FO2. The van der Waals surface area contributed by atoms with E-state index in [-0.39, 0.29) is 18.0 Å². The maximum Gasteiger partial charge on any atom is 0.165 e. The van der Waals surface area contributed by atoms with Gasteiger partial charge in [-0.25, -0.2) is 4.39 Å². The highest BCUT2D eigenvalue weighted by Crippen LogP contribution is 2.21. The standard InChI is InChI=1S/C13H17FO2/c1-13(2,3)12(15)8-9-5-6-11(16-4)10(14)7-9/h5-7H,8H2,1-4H3. The number of rotatable bonds is 3. The lowest BCUT2D eigenvalue weighted by Crippen LogP contribution is -2.22. The number of benzene rings is 1. The Morgan fingerprint density at radius 3 is 2.44 bits per heavy atom. The fourth-order valence-corrected chi connectivity index (χ4v) is 1.27. The van der Waals surface area contributed by atoms with E-state index in [0.717, 1.165) is 0 Å². The molecule has 0 saturated carbocycles. The molecule has 2 nitrogen and oxygen atoms in total. The lowest BCUT2D eigenvalue weighted by Gasteiger charge is -2.16. The molecule has 16 heavy (non-hydrogen) atoms. The van der Waals surface area contributed by atoms with Gasteiger partial charge in [-0.2, -0.15) is 0 Å². The van der Waals surface area contributed by atoms with Crippen molar-refractivity contribution in [1.82, 2.24) is 0 Å². The summed E-state index contributed by atoms with van der Waals surface area (Å²) < 4.78 is 18.2. The van der Waals surface area contributed by atoms with Crippen LogP contribution in [0.2, 0.25) is 0 Å². The number of hydrogen-bond acceptors (Lipinski definition) is 2. The van der Waals surface area contributed by atoms with E-state index in [9.17, 15) is 9.18 Å². The Morgan fingerprint density at radius 2 is 2.00 bits per heavy atom. The van der Waals surface area contributed by atoms with Crippen molar-refractivity contribution in [2.45, 2.75) is 27.2 Å². The van der Waals surface area contributed by atoms with E-state index in [0.29, 0.717) is 5.56 Å². The van der Waals surface area contributed by atoms with Crippen LogP contribution >= 0.6 is 0 Å². The zero-order valence-electron chi connectivity index (χ0n) is 10.1. The molecule has 0 N–H and O–H groups in total. The van der Waals surface area contributed by atoms with Gasteiger partial charge in [0.15, 0.2) is 11.6 Å². The summed E-state index contributed by atoms with van der Waals surface area (Å²) in [5, 5.41) is 0. The van der Waals surface area contributed by atoms with Crippen LogP contribution in [0.1, 0.15) is 26.3 Å². The molecular weight excluding hydrogens is 207 g/mol. The first-order valence-electron chi connectivity index (χ1n) is 5.20. The van der Waals surface area contributed by atoms with Crippen LogP contribution in [0.15, 0.2) is 18.2 Å². The van der Waals surface area contributed by atoms with E-state index < -0.39 is 11.2 Å². The van der Waals surface area contributed by atoms with Gasteiger partial charge in [0.2, 0.25) is 0 Å². The highest BCUT2D eigenvalue weighted by atomic mass is 19.1. The molecule has 0 fully saturated rings. The van der Waals surface area contributed by atoms with Gasteiger partial charge in [0.05, 0.1) is 7.11 Å². The number of ether oxygens (including phenoxy) is 1. The number of hydrogen-bond donors (Lipinski definition) is 0. The molecule has 0 aromatic heterocycles. The fourth-order valence-electron chi connectivity index (χ4n) is 1.27. The van der Waals surface area contributed by atoms with Crippen LogP contribution in [0.3, 0.4) is 0 Å². The maximum absolute atomic E-state index is 13.4. The number of carbonyl (C=O) groups is 1. The van der Waals surface area contributed by atoms with E-state index in [4.69, 9.17) is 4.74 Å². The minimum atomic E-state index is -0.429. The van der Waals surface area contributed by atoms with Gasteiger partial charge in [0, 0.05) is 11.8 Å². The first-order chi connectivity index (χ1) is 7.34. The highest BCUT2D eigenvalue weighted by molar-refractivity contribution is 5.85. The average molecular weight is 224 g/mol. The van der Waals surface area contributed by atoms with Gasteiger partial charge in [-0.05, 0) is 17.7 Å². The Labute approximate surface area is 95.4 Å². The maximum atomic E-state index is 13.4. The molecule has 0 aliphatic heterocycles. The zero-order chi connectivity index (χ0) is 12.3. The summed E-state index contributed by atoms with van der Waals surface area (Å²) in [5.41, 5.74) is 0.286. The van der Waals surface area contributed by atoms with E-state index in [1.54, 1.807) is 12.1 Å². The van der Waals surface area contributed by atoms with Crippen molar-refractivity contribution in [3.8, 4) is 5.75 Å². The molecule has 0 saturated heterocycles. The first-order valence-corrected chi connectivity index (χ1v) is 5.20. The molecule has 1 rings (SSSR count). The molecule has 0 spiro atoms. The molecule has 0 atom stereocenters. The molecule has 0 unspecified atom stereocenters. The van der Waals surface area contributed by atoms with Crippen molar-refractivity contribution in [1.29, 1.82) is 0 Å². The predicted molar refractivity (Wildman–Crippen MR) is 61.1 cm³/mol. The third-order valence-corrected chi connectivity index (χ3v) is 2.42. The molecule has 0 bridgehead atoms. The van der Waals surface area contributed by atoms with Crippen LogP contribution in [0.4, 0.5) is 4.39 Å². The molecule has 0 radical (unpaired) electrons. The number of ketones is 1. The van der Waals surface area contributed by atoms with E-state index >= 15 is 0 Å². The smallest absolute Gasteiger partial charge is 0.165 e. The molecule has 0 amide bonds. The van der Waals surface area contributed by atoms with E-state index in [1.807, 2.05) is 20.8 Å². The van der Waals surface area contributed by atoms with Gasteiger partial charge in [-0.3, -0.25) is 4.79 Å². The lowest BCUT2D eigenvalue weighted by molar-refractivity contribution is -0.125. The first kappa shape index (κ1) is 12.7. The van der Waals surface area contributed by atoms with Crippen LogP contribution in [0.5, 0.6) is 5.75 Å². The molecule has 3 heteroatoms. The minimum absolute atomic E-state index is 0.0945. The Morgan fingerprint density at radius 1 is 1.38 bits per heavy atom. The SMILES string of the molecule is COc1ccc(CC(=O)C(C)(C)C)cc1F. The van der Waals surface area contributed by atoms with Gasteiger partial charge < -0.3 is 4.74 Å². The topological polar surface area (TPSA) is 26.3 Å². The van der Waals surface area contributed by atoms with E-state index in [1.165, 1.54) is 13.2 Å². The average Bonchev–Trinajstić information content (AvgIpc) is 2.16. The second kappa shape index (κ2) is 4.64. The number of methoxy groups -OCH3 is 1. The van der Waals surface area contributed by atoms with Gasteiger partial charge in [-0.15, -0.1) is 0 Å². The van der Waals surface area contributed by atoms with Crippen molar-refractivity contribution < 1.29 is 13.9 Å². The number of carbonyl (C=O) groups excluding carboxylic acids is 1. The van der Waals surface area contributed by atoms with Crippen LogP contribution in [-0.2, 0) is 11.2 Å². The zero-order valence-corrected chi connectivity index (χ0v) is 10.1. The van der Waals surface area contributed by atoms with Gasteiger partial charge in [0.1, 0.15) is 5.78 Å². The molecule has 88 valence electrons. The second-order valence-corrected chi connectivity index (χ2v) is 4.82. The summed E-state index contributed by atoms with van der Waals surface area (Å²) in [7, 11) is 1.42. The van der Waals surface area contributed by atoms with Crippen LogP contribution in [0.25, 0.3) is 0 Å². The Hall–Kier alpha value is -1.38. The molecule has 1 aromatic rings. The monoisotopic (exact) mass is 224 g/mol. The van der Waals surface area contributed by atoms with E-state index in [2.05, 4.69) is 0 Å². The molecule has 0 aliphatic rings. The predicted octanol–water partition coefficient (Wildman–Crippen LogP) is 2.99. The molecule has 1 aromatic carbocycles. The Bertz CT molecular complexity index is 391.